The maximum Gasteiger partial charge on any atom is 0.126 e. The number of rotatable bonds is 3. The zero-order valence-electron chi connectivity index (χ0n) is 9.63. The Morgan fingerprint density at radius 2 is 1.69 bits per heavy atom. The smallest absolute Gasteiger partial charge is 0.126 e. The molecule has 0 aromatic heterocycles. The summed E-state index contributed by atoms with van der Waals surface area (Å²) in [5.74, 6) is -0.892. The highest BCUT2D eigenvalue weighted by Crippen LogP contribution is 2.28. The third-order valence-electron chi connectivity index (χ3n) is 1.94. The second-order valence-corrected chi connectivity index (χ2v) is 6.49. The number of hydrogen-bond acceptors (Lipinski definition) is 2. The molecule has 1 atom stereocenters. The molecule has 1 aromatic carbocycles. The van der Waals surface area contributed by atoms with Crippen molar-refractivity contribution in [3.05, 3.63) is 35.4 Å². The molecule has 4 heteroatoms. The lowest BCUT2D eigenvalue weighted by Gasteiger charge is -2.20. The SMILES string of the molecule is CC(C)(C)SCC(O)c1cc(F)cc(F)c1. The first-order valence-electron chi connectivity index (χ1n) is 5.06. The fourth-order valence-electron chi connectivity index (χ4n) is 1.19. The van der Waals surface area contributed by atoms with E-state index in [1.54, 1.807) is 11.8 Å². The minimum atomic E-state index is -0.838. The molecule has 1 aromatic rings. The van der Waals surface area contributed by atoms with Gasteiger partial charge in [-0.3, -0.25) is 0 Å². The summed E-state index contributed by atoms with van der Waals surface area (Å²) in [5.41, 5.74) is 0.286. The Labute approximate surface area is 98.9 Å². The molecule has 0 aliphatic carbocycles. The van der Waals surface area contributed by atoms with Crippen LogP contribution in [0.2, 0.25) is 0 Å². The molecule has 0 radical (unpaired) electrons. The van der Waals surface area contributed by atoms with E-state index in [1.807, 2.05) is 20.8 Å². The van der Waals surface area contributed by atoms with Gasteiger partial charge in [-0.15, -0.1) is 0 Å². The van der Waals surface area contributed by atoms with E-state index in [0.29, 0.717) is 5.75 Å². The number of thioether (sulfide) groups is 1. The average Bonchev–Trinajstić information content (AvgIpc) is 2.11. The molecule has 90 valence electrons. The molecule has 0 spiro atoms. The zero-order valence-corrected chi connectivity index (χ0v) is 10.4. The molecule has 0 bridgehead atoms. The quantitative estimate of drug-likeness (QED) is 0.880. The highest BCUT2D eigenvalue weighted by Gasteiger charge is 2.16. The van der Waals surface area contributed by atoms with Crippen molar-refractivity contribution >= 4 is 11.8 Å². The van der Waals surface area contributed by atoms with Gasteiger partial charge in [-0.1, -0.05) is 20.8 Å². The first-order chi connectivity index (χ1) is 7.28. The summed E-state index contributed by atoms with van der Waals surface area (Å²) in [4.78, 5) is 0. The van der Waals surface area contributed by atoms with Gasteiger partial charge in [0, 0.05) is 16.6 Å². The molecule has 0 saturated carbocycles. The highest BCUT2D eigenvalue weighted by molar-refractivity contribution is 8.00. The first-order valence-corrected chi connectivity index (χ1v) is 6.04. The van der Waals surface area contributed by atoms with Gasteiger partial charge in [0.25, 0.3) is 0 Å². The molecule has 0 aliphatic heterocycles. The van der Waals surface area contributed by atoms with Gasteiger partial charge >= 0.3 is 0 Å². The fourth-order valence-corrected chi connectivity index (χ4v) is 2.04. The molecule has 0 fully saturated rings. The topological polar surface area (TPSA) is 20.2 Å². The van der Waals surface area contributed by atoms with Gasteiger partial charge in [-0.2, -0.15) is 11.8 Å². The molecule has 16 heavy (non-hydrogen) atoms. The number of aliphatic hydroxyl groups excluding tert-OH is 1. The lowest BCUT2D eigenvalue weighted by atomic mass is 10.1. The number of halogens is 2. The van der Waals surface area contributed by atoms with E-state index in [4.69, 9.17) is 0 Å². The van der Waals surface area contributed by atoms with E-state index in [0.717, 1.165) is 18.2 Å². The Morgan fingerprint density at radius 3 is 2.12 bits per heavy atom. The summed E-state index contributed by atoms with van der Waals surface area (Å²) in [6, 6.07) is 3.13. The van der Waals surface area contributed by atoms with Crippen molar-refractivity contribution in [2.45, 2.75) is 31.6 Å². The van der Waals surface area contributed by atoms with E-state index < -0.39 is 17.7 Å². The van der Waals surface area contributed by atoms with Crippen molar-refractivity contribution in [2.75, 3.05) is 5.75 Å². The summed E-state index contributed by atoms with van der Waals surface area (Å²) in [6.07, 6.45) is -0.838. The van der Waals surface area contributed by atoms with Crippen LogP contribution in [-0.2, 0) is 0 Å². The summed E-state index contributed by atoms with van der Waals surface area (Å²) in [7, 11) is 0. The van der Waals surface area contributed by atoms with E-state index in [2.05, 4.69) is 0 Å². The van der Waals surface area contributed by atoms with Gasteiger partial charge < -0.3 is 5.11 Å². The van der Waals surface area contributed by atoms with E-state index in [-0.39, 0.29) is 10.3 Å². The monoisotopic (exact) mass is 246 g/mol. The van der Waals surface area contributed by atoms with Gasteiger partial charge in [0.2, 0.25) is 0 Å². The van der Waals surface area contributed by atoms with Crippen LogP contribution in [0.3, 0.4) is 0 Å². The van der Waals surface area contributed by atoms with Gasteiger partial charge in [0.05, 0.1) is 6.10 Å². The first kappa shape index (κ1) is 13.5. The van der Waals surface area contributed by atoms with Crippen molar-refractivity contribution in [1.82, 2.24) is 0 Å². The standard InChI is InChI=1S/C12H16F2OS/c1-12(2,3)16-7-11(15)8-4-9(13)6-10(14)5-8/h4-6,11,15H,7H2,1-3H3. The maximum atomic E-state index is 12.9. The van der Waals surface area contributed by atoms with Crippen LogP contribution in [0.5, 0.6) is 0 Å². The van der Waals surface area contributed by atoms with E-state index >= 15 is 0 Å². The molecule has 1 unspecified atom stereocenters. The Balaban J connectivity index is 2.69. The van der Waals surface area contributed by atoms with Crippen LogP contribution in [0.15, 0.2) is 18.2 Å². The van der Waals surface area contributed by atoms with Crippen LogP contribution in [0.1, 0.15) is 32.4 Å². The van der Waals surface area contributed by atoms with Gasteiger partial charge in [0.1, 0.15) is 11.6 Å². The third-order valence-corrected chi connectivity index (χ3v) is 3.29. The average molecular weight is 246 g/mol. The molecule has 1 rings (SSSR count). The van der Waals surface area contributed by atoms with Crippen LogP contribution < -0.4 is 0 Å². The van der Waals surface area contributed by atoms with Crippen molar-refractivity contribution in [3.63, 3.8) is 0 Å². The van der Waals surface area contributed by atoms with Crippen LogP contribution in [0, 0.1) is 11.6 Å². The van der Waals surface area contributed by atoms with Crippen LogP contribution in [0.25, 0.3) is 0 Å². The second kappa shape index (κ2) is 5.15. The predicted octanol–water partition coefficient (Wildman–Crippen LogP) is 3.53. The van der Waals surface area contributed by atoms with Crippen molar-refractivity contribution in [1.29, 1.82) is 0 Å². The number of benzene rings is 1. The highest BCUT2D eigenvalue weighted by atomic mass is 32.2. The summed E-state index contributed by atoms with van der Waals surface area (Å²) in [5, 5.41) is 9.78. The Morgan fingerprint density at radius 1 is 1.19 bits per heavy atom. The normalized spacial score (nSPS) is 13.9. The fraction of sp³-hybridized carbons (Fsp3) is 0.500. The summed E-state index contributed by atoms with van der Waals surface area (Å²) in [6.45, 7) is 6.07. The van der Waals surface area contributed by atoms with Crippen LogP contribution in [0.4, 0.5) is 8.78 Å². The van der Waals surface area contributed by atoms with E-state index in [9.17, 15) is 13.9 Å². The number of aliphatic hydroxyl groups is 1. The number of hydrogen-bond donors (Lipinski definition) is 1. The largest absolute Gasteiger partial charge is 0.388 e. The second-order valence-electron chi connectivity index (χ2n) is 4.64. The maximum absolute atomic E-state index is 12.9. The van der Waals surface area contributed by atoms with Crippen LogP contribution >= 0.6 is 11.8 Å². The molecule has 1 nitrogen and oxygen atoms in total. The summed E-state index contributed by atoms with van der Waals surface area (Å²) < 4.78 is 25.8. The molecular weight excluding hydrogens is 230 g/mol. The molecular formula is C12H16F2OS. The van der Waals surface area contributed by atoms with E-state index in [1.165, 1.54) is 0 Å². The predicted molar refractivity (Wildman–Crippen MR) is 63.5 cm³/mol. The van der Waals surface area contributed by atoms with Crippen molar-refractivity contribution in [3.8, 4) is 0 Å². The van der Waals surface area contributed by atoms with Gasteiger partial charge in [-0.25, -0.2) is 8.78 Å². The molecule has 0 amide bonds. The zero-order chi connectivity index (χ0) is 12.3. The summed E-state index contributed by atoms with van der Waals surface area (Å²) >= 11 is 1.55. The molecule has 0 heterocycles. The van der Waals surface area contributed by atoms with Gasteiger partial charge in [-0.05, 0) is 17.7 Å². The minimum Gasteiger partial charge on any atom is -0.388 e. The van der Waals surface area contributed by atoms with Crippen molar-refractivity contribution < 1.29 is 13.9 Å². The Bertz CT molecular complexity index is 340. The lowest BCUT2D eigenvalue weighted by molar-refractivity contribution is 0.202. The Hall–Kier alpha value is -0.610. The molecule has 0 aliphatic rings. The minimum absolute atomic E-state index is 0.0207. The van der Waals surface area contributed by atoms with Crippen LogP contribution in [-0.4, -0.2) is 15.6 Å². The Kier molecular flexibility index (Phi) is 4.33. The van der Waals surface area contributed by atoms with Gasteiger partial charge in [0.15, 0.2) is 0 Å². The lowest BCUT2D eigenvalue weighted by Crippen LogP contribution is -2.12. The molecule has 0 saturated heterocycles. The molecule has 1 N–H and O–H groups in total. The van der Waals surface area contributed by atoms with Crippen molar-refractivity contribution in [2.24, 2.45) is 0 Å². The third kappa shape index (κ3) is 4.49.